The van der Waals surface area contributed by atoms with E-state index >= 15 is 0 Å². The summed E-state index contributed by atoms with van der Waals surface area (Å²) in [5.41, 5.74) is 7.94. The first kappa shape index (κ1) is 19.8. The van der Waals surface area contributed by atoms with Crippen LogP contribution in [0.4, 0.5) is 5.69 Å². The van der Waals surface area contributed by atoms with Crippen molar-refractivity contribution in [2.45, 2.75) is 12.5 Å². The molecule has 0 heterocycles. The van der Waals surface area contributed by atoms with Crippen LogP contribution < -0.4 is 11.1 Å². The summed E-state index contributed by atoms with van der Waals surface area (Å²) in [6, 6.07) is 21.6. The van der Waals surface area contributed by atoms with Gasteiger partial charge in [0.25, 0.3) is 11.6 Å². The Balaban J connectivity index is 1.75. The van der Waals surface area contributed by atoms with E-state index in [-0.39, 0.29) is 12.1 Å². The Bertz CT molecular complexity index is 1030. The van der Waals surface area contributed by atoms with Crippen LogP contribution in [0.3, 0.4) is 0 Å². The lowest BCUT2D eigenvalue weighted by Crippen LogP contribution is -2.45. The van der Waals surface area contributed by atoms with Crippen molar-refractivity contribution in [1.29, 1.82) is 0 Å². The summed E-state index contributed by atoms with van der Waals surface area (Å²) >= 11 is 0. The molecule has 1 atom stereocenters. The molecule has 0 aliphatic carbocycles. The molecule has 0 unspecified atom stereocenters. The van der Waals surface area contributed by atoms with E-state index in [0.717, 1.165) is 11.1 Å². The molecule has 0 aromatic heterocycles. The summed E-state index contributed by atoms with van der Waals surface area (Å²) in [5.74, 6) is -1.25. The van der Waals surface area contributed by atoms with E-state index in [4.69, 9.17) is 5.73 Å². The minimum absolute atomic E-state index is 0.0691. The molecule has 0 fully saturated rings. The molecule has 2 amide bonds. The van der Waals surface area contributed by atoms with Crippen LogP contribution in [0.25, 0.3) is 11.1 Å². The van der Waals surface area contributed by atoms with Crippen LogP contribution in [-0.2, 0) is 11.2 Å². The standard InChI is InChI=1S/C22H19N3O4/c23-21(26)19(14-18-8-4-5-9-20(18)25(28)29)24-22(27)17-12-10-16(11-13-17)15-6-2-1-3-7-15/h1-13,19H,14H2,(H2,23,26)(H,24,27)/t19-/m0/s1. The molecule has 0 saturated carbocycles. The first-order chi connectivity index (χ1) is 14.0. The number of para-hydroxylation sites is 1. The van der Waals surface area contributed by atoms with Gasteiger partial charge < -0.3 is 11.1 Å². The largest absolute Gasteiger partial charge is 0.368 e. The van der Waals surface area contributed by atoms with Gasteiger partial charge in [-0.1, -0.05) is 60.7 Å². The highest BCUT2D eigenvalue weighted by atomic mass is 16.6. The maximum absolute atomic E-state index is 12.6. The molecule has 3 N–H and O–H groups in total. The van der Waals surface area contributed by atoms with Crippen LogP contribution in [0.1, 0.15) is 15.9 Å². The van der Waals surface area contributed by atoms with Gasteiger partial charge in [0.15, 0.2) is 0 Å². The number of nitro groups is 1. The molecule has 0 spiro atoms. The van der Waals surface area contributed by atoms with Crippen molar-refractivity contribution in [3.8, 4) is 11.1 Å². The maximum Gasteiger partial charge on any atom is 0.272 e. The molecule has 0 bridgehead atoms. The summed E-state index contributed by atoms with van der Waals surface area (Å²) in [6.07, 6.45) is -0.0691. The number of amides is 2. The lowest BCUT2D eigenvalue weighted by Gasteiger charge is -2.16. The molecule has 7 heteroatoms. The Labute approximate surface area is 167 Å². The number of nitrogens with zero attached hydrogens (tertiary/aromatic N) is 1. The van der Waals surface area contributed by atoms with Crippen molar-refractivity contribution >= 4 is 17.5 Å². The Morgan fingerprint density at radius 3 is 2.10 bits per heavy atom. The van der Waals surface area contributed by atoms with Crippen molar-refractivity contribution in [2.24, 2.45) is 5.73 Å². The summed E-state index contributed by atoms with van der Waals surface area (Å²) in [5, 5.41) is 13.7. The topological polar surface area (TPSA) is 115 Å². The Morgan fingerprint density at radius 1 is 0.897 bits per heavy atom. The second-order valence-electron chi connectivity index (χ2n) is 6.46. The first-order valence-corrected chi connectivity index (χ1v) is 8.93. The molecule has 29 heavy (non-hydrogen) atoms. The van der Waals surface area contributed by atoms with Gasteiger partial charge >= 0.3 is 0 Å². The van der Waals surface area contributed by atoms with Crippen molar-refractivity contribution in [1.82, 2.24) is 5.32 Å². The molecule has 0 aliphatic heterocycles. The highest BCUT2D eigenvalue weighted by molar-refractivity contribution is 5.97. The SMILES string of the molecule is NC(=O)[C@H](Cc1ccccc1[N+](=O)[O-])NC(=O)c1ccc(-c2ccccc2)cc1. The molecule has 0 radical (unpaired) electrons. The zero-order valence-electron chi connectivity index (χ0n) is 15.4. The highest BCUT2D eigenvalue weighted by Crippen LogP contribution is 2.21. The predicted octanol–water partition coefficient (Wildman–Crippen LogP) is 3.09. The highest BCUT2D eigenvalue weighted by Gasteiger charge is 2.23. The van der Waals surface area contributed by atoms with E-state index < -0.39 is 22.8 Å². The first-order valence-electron chi connectivity index (χ1n) is 8.93. The number of hydrogen-bond donors (Lipinski definition) is 2. The second kappa shape index (κ2) is 8.79. The number of rotatable bonds is 7. The third-order valence-corrected chi connectivity index (χ3v) is 4.52. The maximum atomic E-state index is 12.6. The van der Waals surface area contributed by atoms with Crippen LogP contribution in [0.2, 0.25) is 0 Å². The van der Waals surface area contributed by atoms with Crippen LogP contribution in [0.15, 0.2) is 78.9 Å². The Hall–Kier alpha value is -4.00. The monoisotopic (exact) mass is 389 g/mol. The average Bonchev–Trinajstić information content (AvgIpc) is 2.74. The molecule has 0 aliphatic rings. The molecule has 0 saturated heterocycles. The zero-order chi connectivity index (χ0) is 20.8. The Morgan fingerprint density at radius 2 is 1.48 bits per heavy atom. The number of carbonyl (C=O) groups excluding carboxylic acids is 2. The van der Waals surface area contributed by atoms with E-state index in [9.17, 15) is 19.7 Å². The van der Waals surface area contributed by atoms with Crippen LogP contribution >= 0.6 is 0 Å². The molecule has 3 rings (SSSR count). The minimum Gasteiger partial charge on any atom is -0.368 e. The van der Waals surface area contributed by atoms with Gasteiger partial charge in [0, 0.05) is 23.6 Å². The van der Waals surface area contributed by atoms with Gasteiger partial charge in [0.05, 0.1) is 4.92 Å². The van der Waals surface area contributed by atoms with Crippen molar-refractivity contribution in [2.75, 3.05) is 0 Å². The fourth-order valence-corrected chi connectivity index (χ4v) is 2.99. The third-order valence-electron chi connectivity index (χ3n) is 4.52. The molecule has 7 nitrogen and oxygen atoms in total. The van der Waals surface area contributed by atoms with E-state index in [1.807, 2.05) is 42.5 Å². The molecule has 3 aromatic carbocycles. The third kappa shape index (κ3) is 4.84. The van der Waals surface area contributed by atoms with Gasteiger partial charge in [-0.3, -0.25) is 19.7 Å². The summed E-state index contributed by atoms with van der Waals surface area (Å²) in [7, 11) is 0. The van der Waals surface area contributed by atoms with Crippen LogP contribution in [-0.4, -0.2) is 22.8 Å². The van der Waals surface area contributed by atoms with Crippen molar-refractivity contribution in [3.05, 3.63) is 100 Å². The number of nitrogens with two attached hydrogens (primary N) is 1. The summed E-state index contributed by atoms with van der Waals surface area (Å²) in [4.78, 5) is 35.0. The number of carbonyl (C=O) groups is 2. The lowest BCUT2D eigenvalue weighted by molar-refractivity contribution is -0.385. The van der Waals surface area contributed by atoms with E-state index in [0.29, 0.717) is 11.1 Å². The normalized spacial score (nSPS) is 11.4. The number of benzene rings is 3. The molecular weight excluding hydrogens is 370 g/mol. The number of hydrogen-bond acceptors (Lipinski definition) is 4. The van der Waals surface area contributed by atoms with E-state index in [1.165, 1.54) is 18.2 Å². The fourth-order valence-electron chi connectivity index (χ4n) is 2.99. The van der Waals surface area contributed by atoms with E-state index in [2.05, 4.69) is 5.32 Å². The van der Waals surface area contributed by atoms with Gasteiger partial charge in [-0.15, -0.1) is 0 Å². The molecular formula is C22H19N3O4. The molecule has 146 valence electrons. The smallest absolute Gasteiger partial charge is 0.272 e. The molecule has 3 aromatic rings. The fraction of sp³-hybridized carbons (Fsp3) is 0.0909. The second-order valence-corrected chi connectivity index (χ2v) is 6.46. The van der Waals surface area contributed by atoms with Crippen molar-refractivity contribution < 1.29 is 14.5 Å². The van der Waals surface area contributed by atoms with Crippen molar-refractivity contribution in [3.63, 3.8) is 0 Å². The summed E-state index contributed by atoms with van der Waals surface area (Å²) < 4.78 is 0. The van der Waals surface area contributed by atoms with Gasteiger partial charge in [-0.2, -0.15) is 0 Å². The van der Waals surface area contributed by atoms with Gasteiger partial charge in [-0.05, 0) is 23.3 Å². The minimum atomic E-state index is -1.07. The van der Waals surface area contributed by atoms with Crippen LogP contribution in [0, 0.1) is 10.1 Å². The quantitative estimate of drug-likeness (QED) is 0.477. The van der Waals surface area contributed by atoms with Crippen LogP contribution in [0.5, 0.6) is 0 Å². The van der Waals surface area contributed by atoms with E-state index in [1.54, 1.807) is 18.2 Å². The number of primary amides is 1. The zero-order valence-corrected chi connectivity index (χ0v) is 15.4. The number of nitro benzene ring substituents is 1. The van der Waals surface area contributed by atoms with Gasteiger partial charge in [-0.25, -0.2) is 0 Å². The van der Waals surface area contributed by atoms with Gasteiger partial charge in [0.2, 0.25) is 5.91 Å². The Kier molecular flexibility index (Phi) is 5.99. The predicted molar refractivity (Wildman–Crippen MR) is 109 cm³/mol. The average molecular weight is 389 g/mol. The summed E-state index contributed by atoms with van der Waals surface area (Å²) in [6.45, 7) is 0. The van der Waals surface area contributed by atoms with Gasteiger partial charge in [0.1, 0.15) is 6.04 Å². The lowest BCUT2D eigenvalue weighted by atomic mass is 10.0. The number of nitrogens with one attached hydrogen (secondary N) is 1.